The highest BCUT2D eigenvalue weighted by molar-refractivity contribution is 7.91. The fourth-order valence-electron chi connectivity index (χ4n) is 4.33. The lowest BCUT2D eigenvalue weighted by Crippen LogP contribution is -2.35. The molecule has 2 atom stereocenters. The van der Waals surface area contributed by atoms with Crippen molar-refractivity contribution in [2.24, 2.45) is 9.50 Å². The van der Waals surface area contributed by atoms with Gasteiger partial charge in [-0.2, -0.15) is 5.10 Å². The fourth-order valence-corrected chi connectivity index (χ4v) is 5.32. The second-order valence-electron chi connectivity index (χ2n) is 8.15. The van der Waals surface area contributed by atoms with E-state index in [-0.39, 0.29) is 17.4 Å². The zero-order valence-electron chi connectivity index (χ0n) is 16.1. The molecule has 5 rings (SSSR count). The first-order valence-electron chi connectivity index (χ1n) is 9.68. The Morgan fingerprint density at radius 3 is 2.86 bits per heavy atom. The van der Waals surface area contributed by atoms with Crippen LogP contribution in [0.4, 0.5) is 10.5 Å². The number of rotatable bonds is 3. The van der Waals surface area contributed by atoms with Gasteiger partial charge < -0.3 is 15.2 Å². The minimum atomic E-state index is -3.57. The van der Waals surface area contributed by atoms with Crippen LogP contribution in [-0.2, 0) is 42.1 Å². The molecule has 2 heterocycles. The van der Waals surface area contributed by atoms with Crippen LogP contribution >= 0.6 is 0 Å². The molecule has 2 aromatic rings. The normalized spacial score (nSPS) is 23.3. The van der Waals surface area contributed by atoms with Gasteiger partial charge in [0.05, 0.1) is 19.3 Å². The van der Waals surface area contributed by atoms with Gasteiger partial charge in [-0.05, 0) is 61.3 Å². The Kier molecular flexibility index (Phi) is 4.03. The third-order valence-electron chi connectivity index (χ3n) is 5.93. The van der Waals surface area contributed by atoms with Gasteiger partial charge in [0.1, 0.15) is 4.90 Å². The molecular weight excluding hydrogens is 394 g/mol. The monoisotopic (exact) mass is 417 g/mol. The van der Waals surface area contributed by atoms with Gasteiger partial charge >= 0.3 is 6.03 Å². The molecule has 1 aromatic heterocycles. The van der Waals surface area contributed by atoms with Crippen molar-refractivity contribution >= 4 is 21.6 Å². The summed E-state index contributed by atoms with van der Waals surface area (Å²) in [7, 11) is -3.57. The Labute approximate surface area is 168 Å². The number of nitrogens with two attached hydrogens (primary N) is 1. The van der Waals surface area contributed by atoms with Crippen molar-refractivity contribution in [3.05, 3.63) is 34.5 Å². The van der Waals surface area contributed by atoms with E-state index in [1.54, 1.807) is 6.92 Å². The third kappa shape index (κ3) is 2.93. The van der Waals surface area contributed by atoms with Crippen LogP contribution in [-0.4, -0.2) is 37.3 Å². The summed E-state index contributed by atoms with van der Waals surface area (Å²) >= 11 is 0. The van der Waals surface area contributed by atoms with Crippen molar-refractivity contribution in [3.8, 4) is 5.88 Å². The number of aliphatic hydroxyl groups excluding tert-OH is 1. The Morgan fingerprint density at radius 1 is 1.38 bits per heavy atom. The average molecular weight is 417 g/mol. The van der Waals surface area contributed by atoms with Crippen LogP contribution in [0.3, 0.4) is 0 Å². The number of aryl methyl sites for hydroxylation is 2. The first-order chi connectivity index (χ1) is 13.8. The van der Waals surface area contributed by atoms with E-state index in [2.05, 4.69) is 20.8 Å². The third-order valence-corrected chi connectivity index (χ3v) is 7.28. The molecule has 1 aliphatic heterocycles. The van der Waals surface area contributed by atoms with Gasteiger partial charge in [0.15, 0.2) is 15.5 Å². The van der Waals surface area contributed by atoms with E-state index in [1.165, 1.54) is 22.0 Å². The highest BCUT2D eigenvalue weighted by Crippen LogP contribution is 2.40. The molecule has 10 heteroatoms. The molecule has 0 fully saturated rings. The Hall–Kier alpha value is -2.43. The molecule has 2 amide bonds. The van der Waals surface area contributed by atoms with Crippen molar-refractivity contribution in [2.45, 2.75) is 56.1 Å². The van der Waals surface area contributed by atoms with E-state index in [4.69, 9.17) is 9.88 Å². The van der Waals surface area contributed by atoms with Crippen molar-refractivity contribution < 1.29 is 18.8 Å². The second kappa shape index (κ2) is 6.28. The van der Waals surface area contributed by atoms with E-state index >= 15 is 0 Å². The molecule has 1 unspecified atom stereocenters. The van der Waals surface area contributed by atoms with Crippen LogP contribution < -0.4 is 15.2 Å². The molecule has 9 nitrogen and oxygen atoms in total. The fraction of sp³-hybridized carbons (Fsp3) is 0.474. The molecule has 154 valence electrons. The molecule has 2 aliphatic carbocycles. The summed E-state index contributed by atoms with van der Waals surface area (Å²) in [5.74, 6) is 0.176. The van der Waals surface area contributed by atoms with Crippen molar-refractivity contribution in [2.75, 3.05) is 11.9 Å². The summed E-state index contributed by atoms with van der Waals surface area (Å²) in [4.78, 5) is 12.7. The minimum absolute atomic E-state index is 0.0520. The molecular formula is C19H23N5O4S. The molecule has 3 aliphatic rings. The first kappa shape index (κ1) is 18.6. The number of aromatic nitrogens is 2. The van der Waals surface area contributed by atoms with Gasteiger partial charge in [0.25, 0.3) is 0 Å². The van der Waals surface area contributed by atoms with E-state index in [9.17, 15) is 14.1 Å². The maximum atomic E-state index is 13.1. The molecule has 0 bridgehead atoms. The van der Waals surface area contributed by atoms with Crippen molar-refractivity contribution in [3.63, 3.8) is 0 Å². The zero-order chi connectivity index (χ0) is 20.4. The number of urea groups is 1. The summed E-state index contributed by atoms with van der Waals surface area (Å²) in [6, 6.07) is 1.50. The number of nitrogens with one attached hydrogen (secondary N) is 1. The number of hydrogen-bond acceptors (Lipinski definition) is 5. The van der Waals surface area contributed by atoms with Crippen LogP contribution in [0.25, 0.3) is 0 Å². The topological polar surface area (TPSA) is 132 Å². The zero-order valence-corrected chi connectivity index (χ0v) is 16.9. The molecule has 0 spiro atoms. The lowest BCUT2D eigenvalue weighted by molar-refractivity contribution is 0.0399. The maximum Gasteiger partial charge on any atom is 0.354 e. The Bertz CT molecular complexity index is 1160. The van der Waals surface area contributed by atoms with Gasteiger partial charge in [-0.25, -0.2) is 18.8 Å². The summed E-state index contributed by atoms with van der Waals surface area (Å²) in [6.45, 7) is 1.77. The number of hydrogen-bond donors (Lipinski definition) is 3. The van der Waals surface area contributed by atoms with Crippen molar-refractivity contribution in [1.82, 2.24) is 9.78 Å². The number of ether oxygens (including phenoxy) is 1. The molecule has 1 aromatic carbocycles. The standard InChI is InChI=1S/C19H23N5O4S/c1-19(10-25)9-24-17(28-19)15(8-21-24)29(20,27)23-18(26)22-16-13-4-2-3-11(13)7-12-5-6-14(12)16/h7-8,25H,2-6,9-10H2,1H3,(H3,20,22,23,26,27)/t19-,29?/m0/s1. The molecule has 0 saturated carbocycles. The average Bonchev–Trinajstić information content (AvgIpc) is 3.31. The van der Waals surface area contributed by atoms with E-state index in [1.807, 2.05) is 0 Å². The van der Waals surface area contributed by atoms with E-state index < -0.39 is 21.5 Å². The van der Waals surface area contributed by atoms with Crippen LogP contribution in [0.1, 0.15) is 35.6 Å². The second-order valence-corrected chi connectivity index (χ2v) is 9.91. The van der Waals surface area contributed by atoms with Crippen LogP contribution in [0, 0.1) is 0 Å². The number of amides is 2. The first-order valence-corrected chi connectivity index (χ1v) is 11.3. The molecule has 4 N–H and O–H groups in total. The van der Waals surface area contributed by atoms with Crippen LogP contribution in [0.15, 0.2) is 21.5 Å². The summed E-state index contributed by atoms with van der Waals surface area (Å²) < 4.78 is 24.0. The van der Waals surface area contributed by atoms with Gasteiger partial charge in [-0.15, -0.1) is 4.36 Å². The van der Waals surface area contributed by atoms with Crippen LogP contribution in [0.5, 0.6) is 5.88 Å². The summed E-state index contributed by atoms with van der Waals surface area (Å²) in [5, 5.41) is 22.4. The SMILES string of the molecule is C[C@@]1(CO)Cn2ncc(S(N)(=O)=NC(=O)Nc3c4c(cc5c3CC5)CCC4)c2O1. The number of carbonyl (C=O) groups excluding carboxylic acids is 1. The number of benzene rings is 1. The molecule has 29 heavy (non-hydrogen) atoms. The number of aliphatic hydroxyl groups is 1. The van der Waals surface area contributed by atoms with Gasteiger partial charge in [-0.3, -0.25) is 0 Å². The lowest BCUT2D eigenvalue weighted by Gasteiger charge is -2.25. The highest BCUT2D eigenvalue weighted by Gasteiger charge is 2.39. The molecule has 0 radical (unpaired) electrons. The largest absolute Gasteiger partial charge is 0.466 e. The smallest absolute Gasteiger partial charge is 0.354 e. The predicted octanol–water partition coefficient (Wildman–Crippen LogP) is 1.55. The van der Waals surface area contributed by atoms with Crippen LogP contribution in [0.2, 0.25) is 0 Å². The Morgan fingerprint density at radius 2 is 2.14 bits per heavy atom. The number of anilines is 1. The van der Waals surface area contributed by atoms with E-state index in [0.717, 1.165) is 48.9 Å². The number of carbonyl (C=O) groups is 1. The van der Waals surface area contributed by atoms with Gasteiger partial charge in [0.2, 0.25) is 5.88 Å². The number of nitrogens with zero attached hydrogens (tertiary/aromatic N) is 3. The summed E-state index contributed by atoms with van der Waals surface area (Å²) in [6.07, 6.45) is 6.23. The maximum absolute atomic E-state index is 13.1. The predicted molar refractivity (Wildman–Crippen MR) is 106 cm³/mol. The van der Waals surface area contributed by atoms with Crippen molar-refractivity contribution in [1.29, 1.82) is 0 Å². The highest BCUT2D eigenvalue weighted by atomic mass is 32.2. The summed E-state index contributed by atoms with van der Waals surface area (Å²) in [5.41, 5.74) is 4.78. The van der Waals surface area contributed by atoms with E-state index in [0.29, 0.717) is 6.54 Å². The Balaban J connectivity index is 1.45. The van der Waals surface area contributed by atoms with Gasteiger partial charge in [-0.1, -0.05) is 6.07 Å². The minimum Gasteiger partial charge on any atom is -0.466 e. The lowest BCUT2D eigenvalue weighted by atomic mass is 9.83. The number of fused-ring (bicyclic) bond motifs is 3. The quantitative estimate of drug-likeness (QED) is 0.697. The molecule has 0 saturated heterocycles. The van der Waals surface area contributed by atoms with Gasteiger partial charge in [0, 0.05) is 5.69 Å².